The molecular formula is C49H54N8O7. The Morgan fingerprint density at radius 2 is 1.44 bits per heavy atom. The number of methoxy groups -OCH3 is 2. The van der Waals surface area contributed by atoms with E-state index in [2.05, 4.69) is 75.9 Å². The van der Waals surface area contributed by atoms with Gasteiger partial charge in [-0.1, -0.05) is 80.6 Å². The Labute approximate surface area is 372 Å². The van der Waals surface area contributed by atoms with E-state index in [0.717, 1.165) is 75.5 Å². The summed E-state index contributed by atoms with van der Waals surface area (Å²) in [5.41, 5.74) is 9.26. The monoisotopic (exact) mass is 866 g/mol. The summed E-state index contributed by atoms with van der Waals surface area (Å²) in [6, 6.07) is 21.5. The van der Waals surface area contributed by atoms with Gasteiger partial charge < -0.3 is 29.1 Å². The fourth-order valence-electron chi connectivity index (χ4n) is 10.1. The minimum Gasteiger partial charge on any atom is -0.453 e. The summed E-state index contributed by atoms with van der Waals surface area (Å²) in [7, 11) is 4.24. The quantitative estimate of drug-likeness (QED) is 0.125. The molecule has 3 atom stereocenters. The fraction of sp³-hybridized carbons (Fsp3) is 0.388. The number of aromatic nitrogens is 4. The number of para-hydroxylation sites is 1. The van der Waals surface area contributed by atoms with E-state index < -0.39 is 18.2 Å². The zero-order valence-corrected chi connectivity index (χ0v) is 36.9. The van der Waals surface area contributed by atoms with Gasteiger partial charge in [-0.05, 0) is 76.8 Å². The number of imidazole rings is 2. The van der Waals surface area contributed by atoms with Gasteiger partial charge in [0.1, 0.15) is 17.7 Å². The lowest BCUT2D eigenvalue weighted by molar-refractivity contribution is -0.139. The van der Waals surface area contributed by atoms with Gasteiger partial charge in [0.25, 0.3) is 5.91 Å². The van der Waals surface area contributed by atoms with Crippen LogP contribution < -0.4 is 10.2 Å². The molecule has 0 aliphatic carbocycles. The second kappa shape index (κ2) is 17.4. The van der Waals surface area contributed by atoms with E-state index in [4.69, 9.17) is 24.2 Å². The van der Waals surface area contributed by atoms with Crippen molar-refractivity contribution in [2.45, 2.75) is 70.5 Å². The van der Waals surface area contributed by atoms with E-state index in [1.165, 1.54) is 25.3 Å². The predicted octanol–water partition coefficient (Wildman–Crippen LogP) is 7.74. The Balaban J connectivity index is 0.907. The van der Waals surface area contributed by atoms with E-state index >= 15 is 0 Å². The predicted molar refractivity (Wildman–Crippen MR) is 240 cm³/mol. The van der Waals surface area contributed by atoms with Gasteiger partial charge >= 0.3 is 12.2 Å². The number of alkyl carbamates (subject to hydrolysis) is 1. The van der Waals surface area contributed by atoms with Crippen LogP contribution in [0.1, 0.15) is 74.4 Å². The van der Waals surface area contributed by atoms with Crippen LogP contribution >= 0.6 is 0 Å². The van der Waals surface area contributed by atoms with Crippen LogP contribution in [0.3, 0.4) is 0 Å². The summed E-state index contributed by atoms with van der Waals surface area (Å²) in [6.07, 6.45) is 8.21. The van der Waals surface area contributed by atoms with Crippen LogP contribution in [0.2, 0.25) is 0 Å². The molecule has 4 aliphatic rings. The average molecular weight is 867 g/mol. The third-order valence-corrected chi connectivity index (χ3v) is 13.5. The molecule has 1 spiro atoms. The van der Waals surface area contributed by atoms with Gasteiger partial charge in [0, 0.05) is 45.0 Å². The molecular weight excluding hydrogens is 813 g/mol. The van der Waals surface area contributed by atoms with Crippen LogP contribution in [0.5, 0.6) is 0 Å². The molecule has 3 aromatic carbocycles. The smallest absolute Gasteiger partial charge is 0.410 e. The molecule has 4 amide bonds. The van der Waals surface area contributed by atoms with Gasteiger partial charge in [-0.15, -0.1) is 0 Å². The normalized spacial score (nSPS) is 20.0. The summed E-state index contributed by atoms with van der Waals surface area (Å²) < 4.78 is 15.5. The standard InChI is InChI=1S/C49H54N8O7/c1-29(2)41(55(3)48(61)63-5)46(59)56-28-49(19-21-64-22-20-49)24-40(56)44-51-27-38(54-44)33-15-11-31(12-16-33)30-9-13-32(14-10-30)37-26-50-43(53-37)39-23-35-8-6-7-34-17-18-36(25-52-47(60)62-4)45(58)57(39)42(34)35/h6-16,25-27,29,39-41H,17-24,28H2,1-5H3,(H,50,53)(H,51,54)(H,52,60). The number of aryl methyl sites for hydroxylation is 1. The molecule has 4 aliphatic heterocycles. The van der Waals surface area contributed by atoms with Gasteiger partial charge in [0.15, 0.2) is 0 Å². The first-order valence-corrected chi connectivity index (χ1v) is 22.0. The number of likely N-dealkylation sites (N-methyl/N-ethyl adjacent to an activating group) is 1. The highest BCUT2D eigenvalue weighted by Gasteiger charge is 2.50. The first-order valence-electron chi connectivity index (χ1n) is 22.0. The van der Waals surface area contributed by atoms with Gasteiger partial charge in [-0.2, -0.15) is 0 Å². The van der Waals surface area contributed by atoms with E-state index in [9.17, 15) is 19.2 Å². The lowest BCUT2D eigenvalue weighted by atomic mass is 9.78. The number of H-pyrrole nitrogens is 2. The Kier molecular flexibility index (Phi) is 11.6. The van der Waals surface area contributed by atoms with Gasteiger partial charge in [0.2, 0.25) is 5.91 Å². The lowest BCUT2D eigenvalue weighted by Crippen LogP contribution is -2.52. The van der Waals surface area contributed by atoms with Crippen molar-refractivity contribution in [1.82, 2.24) is 35.1 Å². The van der Waals surface area contributed by atoms with E-state index in [0.29, 0.717) is 50.4 Å². The number of amides is 4. The lowest BCUT2D eigenvalue weighted by Gasteiger charge is -2.36. The van der Waals surface area contributed by atoms with E-state index in [-0.39, 0.29) is 35.2 Å². The molecule has 9 rings (SSSR count). The maximum atomic E-state index is 14.4. The third kappa shape index (κ3) is 7.93. The van der Waals surface area contributed by atoms with Crippen molar-refractivity contribution in [2.24, 2.45) is 11.3 Å². The number of hydrogen-bond acceptors (Lipinski definition) is 9. The average Bonchev–Trinajstić information content (AvgIpc) is 4.13. The number of aromatic amines is 2. The molecule has 2 saturated heterocycles. The highest BCUT2D eigenvalue weighted by molar-refractivity contribution is 6.08. The van der Waals surface area contributed by atoms with Crippen LogP contribution in [-0.4, -0.2) is 101 Å². The molecule has 0 saturated carbocycles. The zero-order chi connectivity index (χ0) is 44.7. The molecule has 5 aromatic rings. The maximum absolute atomic E-state index is 14.4. The minimum absolute atomic E-state index is 0.0805. The number of carbonyl (C=O) groups excluding carboxylic acids is 4. The number of nitrogens with zero attached hydrogens (tertiary/aromatic N) is 5. The molecule has 332 valence electrons. The summed E-state index contributed by atoms with van der Waals surface area (Å²) in [4.78, 5) is 74.7. The van der Waals surface area contributed by atoms with Gasteiger partial charge in [0.05, 0.1) is 55.8 Å². The van der Waals surface area contributed by atoms with Crippen molar-refractivity contribution in [3.8, 4) is 33.6 Å². The topological polar surface area (TPSA) is 175 Å². The Morgan fingerprint density at radius 1 is 0.844 bits per heavy atom. The van der Waals surface area contributed by atoms with Crippen molar-refractivity contribution < 1.29 is 33.4 Å². The Hall–Kier alpha value is -6.74. The van der Waals surface area contributed by atoms with E-state index in [1.807, 2.05) is 42.1 Å². The highest BCUT2D eigenvalue weighted by atomic mass is 16.5. The largest absolute Gasteiger partial charge is 0.453 e. The van der Waals surface area contributed by atoms with Crippen molar-refractivity contribution in [1.29, 1.82) is 0 Å². The number of hydrogen-bond donors (Lipinski definition) is 3. The molecule has 64 heavy (non-hydrogen) atoms. The van der Waals surface area contributed by atoms with Crippen LogP contribution in [-0.2, 0) is 36.6 Å². The number of nitrogens with one attached hydrogen (secondary N) is 3. The zero-order valence-electron chi connectivity index (χ0n) is 36.9. The van der Waals surface area contributed by atoms with Crippen LogP contribution in [0.15, 0.2) is 90.9 Å². The van der Waals surface area contributed by atoms with Crippen molar-refractivity contribution in [2.75, 3.05) is 45.9 Å². The van der Waals surface area contributed by atoms with Crippen molar-refractivity contribution >= 4 is 29.7 Å². The molecule has 6 heterocycles. The first-order chi connectivity index (χ1) is 31.0. The molecule has 0 bridgehead atoms. The van der Waals surface area contributed by atoms with Crippen molar-refractivity contribution in [3.05, 3.63) is 114 Å². The number of ether oxygens (including phenoxy) is 3. The second-order valence-electron chi connectivity index (χ2n) is 17.7. The maximum Gasteiger partial charge on any atom is 0.410 e. The van der Waals surface area contributed by atoms with Crippen LogP contribution in [0.25, 0.3) is 33.6 Å². The summed E-state index contributed by atoms with van der Waals surface area (Å²) in [5, 5.41) is 2.57. The number of anilines is 1. The number of likely N-dealkylation sites (tertiary alicyclic amines) is 1. The Morgan fingerprint density at radius 3 is 2.03 bits per heavy atom. The molecule has 0 radical (unpaired) electrons. The third-order valence-electron chi connectivity index (χ3n) is 13.5. The number of rotatable bonds is 9. The number of carbonyl (C=O) groups is 4. The molecule has 2 fully saturated rings. The van der Waals surface area contributed by atoms with Gasteiger partial charge in [-0.3, -0.25) is 24.7 Å². The van der Waals surface area contributed by atoms with E-state index in [1.54, 1.807) is 7.05 Å². The highest BCUT2D eigenvalue weighted by Crippen LogP contribution is 2.49. The first kappa shape index (κ1) is 42.6. The fourth-order valence-corrected chi connectivity index (χ4v) is 10.1. The number of benzene rings is 3. The molecule has 15 heteroatoms. The van der Waals surface area contributed by atoms with Crippen LogP contribution in [0.4, 0.5) is 15.3 Å². The second-order valence-corrected chi connectivity index (χ2v) is 17.7. The SMILES string of the molecule is COC(=O)NC=C1CCc2cccc3c2N(C1=O)C(c1ncc(-c2ccc(-c4ccc(-c5cnc(C6CC7(CCOCC7)CN6C(=O)C(C(C)C)N(C)C(=O)OC)[nH]5)cc4)cc2)[nH]1)C3. The molecule has 3 N–H and O–H groups in total. The van der Waals surface area contributed by atoms with Gasteiger partial charge in [-0.25, -0.2) is 19.6 Å². The molecule has 2 aromatic heterocycles. The Bertz CT molecular complexity index is 2590. The summed E-state index contributed by atoms with van der Waals surface area (Å²) >= 11 is 0. The van der Waals surface area contributed by atoms with Crippen LogP contribution in [0, 0.1) is 11.3 Å². The van der Waals surface area contributed by atoms with Crippen molar-refractivity contribution in [3.63, 3.8) is 0 Å². The summed E-state index contributed by atoms with van der Waals surface area (Å²) in [6.45, 7) is 5.79. The minimum atomic E-state index is -0.680. The summed E-state index contributed by atoms with van der Waals surface area (Å²) in [5.74, 6) is 1.02. The molecule has 15 nitrogen and oxygen atoms in total. The molecule has 3 unspecified atom stereocenters.